The Morgan fingerprint density at radius 1 is 0.865 bits per heavy atom. The van der Waals surface area contributed by atoms with E-state index in [-0.39, 0.29) is 23.3 Å². The van der Waals surface area contributed by atoms with Gasteiger partial charge < -0.3 is 40.4 Å². The van der Waals surface area contributed by atoms with Crippen molar-refractivity contribution in [3.63, 3.8) is 0 Å². The van der Waals surface area contributed by atoms with Gasteiger partial charge in [0.2, 0.25) is 11.2 Å². The molecule has 0 unspecified atom stereocenters. The van der Waals surface area contributed by atoms with Gasteiger partial charge in [-0.1, -0.05) is 84.9 Å². The van der Waals surface area contributed by atoms with Crippen molar-refractivity contribution in [2.75, 3.05) is 39.4 Å². The normalized spacial score (nSPS) is 14.9. The summed E-state index contributed by atoms with van der Waals surface area (Å²) in [5, 5.41) is 40.2. The van der Waals surface area contributed by atoms with Gasteiger partial charge >= 0.3 is 5.97 Å². The van der Waals surface area contributed by atoms with Crippen LogP contribution in [0.2, 0.25) is 0 Å². The van der Waals surface area contributed by atoms with Crippen LogP contribution in [0.15, 0.2) is 114 Å². The highest BCUT2D eigenvalue weighted by Crippen LogP contribution is 2.38. The Morgan fingerprint density at radius 2 is 1.54 bits per heavy atom. The maximum atomic E-state index is 13.9. The van der Waals surface area contributed by atoms with E-state index in [4.69, 9.17) is 9.47 Å². The summed E-state index contributed by atoms with van der Waals surface area (Å²) in [6.07, 6.45) is 3.08. The zero-order valence-electron chi connectivity index (χ0n) is 29.2. The molecule has 0 bridgehead atoms. The van der Waals surface area contributed by atoms with Crippen LogP contribution in [0.25, 0.3) is 10.9 Å². The molecule has 0 aliphatic carbocycles. The molecular weight excluding hydrogens is 658 g/mol. The maximum absolute atomic E-state index is 13.9. The molecule has 0 amide bonds. The lowest BCUT2D eigenvalue weighted by molar-refractivity contribution is -0.166. The number of nitrogens with one attached hydrogen (secondary N) is 3. The van der Waals surface area contributed by atoms with E-state index >= 15 is 0 Å². The van der Waals surface area contributed by atoms with Gasteiger partial charge in [-0.05, 0) is 92.2 Å². The first-order chi connectivity index (χ1) is 25.3. The van der Waals surface area contributed by atoms with Crippen LogP contribution in [-0.4, -0.2) is 65.7 Å². The molecule has 0 radical (unpaired) electrons. The van der Waals surface area contributed by atoms with E-state index in [9.17, 15) is 24.9 Å². The Kier molecular flexibility index (Phi) is 12.0. The fourth-order valence-corrected chi connectivity index (χ4v) is 7.04. The predicted molar refractivity (Wildman–Crippen MR) is 200 cm³/mol. The van der Waals surface area contributed by atoms with Crippen molar-refractivity contribution in [3.05, 3.63) is 142 Å². The minimum atomic E-state index is -1.94. The van der Waals surface area contributed by atoms with Crippen molar-refractivity contribution in [2.24, 2.45) is 5.41 Å². The molecule has 2 heterocycles. The first kappa shape index (κ1) is 36.8. The Bertz CT molecular complexity index is 1940. The molecule has 272 valence electrons. The van der Waals surface area contributed by atoms with Crippen molar-refractivity contribution in [1.29, 1.82) is 0 Å². The van der Waals surface area contributed by atoms with Crippen molar-refractivity contribution in [3.8, 4) is 11.5 Å². The number of rotatable bonds is 16. The lowest BCUT2D eigenvalue weighted by Crippen LogP contribution is -2.45. The number of aromatic amines is 1. The lowest BCUT2D eigenvalue weighted by atomic mass is 9.74. The molecule has 0 spiro atoms. The number of aromatic nitrogens is 1. The first-order valence-electron chi connectivity index (χ1n) is 17.9. The van der Waals surface area contributed by atoms with E-state index in [0.717, 1.165) is 50.1 Å². The number of benzene rings is 4. The number of piperidine rings is 1. The van der Waals surface area contributed by atoms with E-state index in [1.165, 1.54) is 12.1 Å². The van der Waals surface area contributed by atoms with Crippen LogP contribution in [0.4, 0.5) is 0 Å². The number of ether oxygens (including phenoxy) is 2. The van der Waals surface area contributed by atoms with E-state index in [1.807, 2.05) is 30.3 Å². The van der Waals surface area contributed by atoms with Crippen LogP contribution >= 0.6 is 0 Å². The van der Waals surface area contributed by atoms with Crippen molar-refractivity contribution >= 4 is 16.9 Å². The van der Waals surface area contributed by atoms with Gasteiger partial charge in [-0.3, -0.25) is 4.79 Å². The number of carbonyl (C=O) groups excluding carboxylic acids is 1. The summed E-state index contributed by atoms with van der Waals surface area (Å²) in [4.78, 5) is 28.2. The molecule has 1 aliphatic rings. The maximum Gasteiger partial charge on any atom is 0.347 e. The van der Waals surface area contributed by atoms with Crippen molar-refractivity contribution in [2.45, 2.75) is 43.8 Å². The van der Waals surface area contributed by atoms with Gasteiger partial charge in [0, 0.05) is 23.4 Å². The zero-order chi connectivity index (χ0) is 36.4. The Labute approximate surface area is 303 Å². The first-order valence-corrected chi connectivity index (χ1v) is 17.9. The van der Waals surface area contributed by atoms with Gasteiger partial charge in [-0.15, -0.1) is 0 Å². The summed E-state index contributed by atoms with van der Waals surface area (Å²) < 4.78 is 12.4. The summed E-state index contributed by atoms with van der Waals surface area (Å²) in [5.41, 5.74) is 0.309. The summed E-state index contributed by atoms with van der Waals surface area (Å²) in [6.45, 7) is 3.27. The average Bonchev–Trinajstić information content (AvgIpc) is 3.18. The molecule has 1 saturated heterocycles. The molecule has 5 aromatic rings. The smallest absolute Gasteiger partial charge is 0.347 e. The molecule has 4 aromatic carbocycles. The number of hydrogen-bond acceptors (Lipinski definition) is 9. The molecule has 1 fully saturated rings. The number of aliphatic hydroxyl groups is 2. The monoisotopic (exact) mass is 705 g/mol. The highest BCUT2D eigenvalue weighted by Gasteiger charge is 2.43. The molecule has 1 aromatic heterocycles. The third kappa shape index (κ3) is 8.54. The number of hydrogen-bond donors (Lipinski definition) is 6. The number of phenols is 1. The number of aliphatic hydroxyl groups excluding tert-OH is 1. The number of aromatic hydroxyl groups is 1. The molecule has 52 heavy (non-hydrogen) atoms. The number of H-pyrrole nitrogens is 1. The SMILES string of the molecule is O=C(OCC1(Cc2ccccc2OCCCCNC[C@H](O)c2ccc(O)c3[nH]c(=O)ccc23)CCNCC1)C(O)(c1ccccc1)c1ccccc1. The van der Waals surface area contributed by atoms with Gasteiger partial charge in [-0.25, -0.2) is 4.79 Å². The van der Waals surface area contributed by atoms with E-state index in [1.54, 1.807) is 60.7 Å². The minimum Gasteiger partial charge on any atom is -0.506 e. The van der Waals surface area contributed by atoms with Crippen LogP contribution in [0, 0.1) is 5.41 Å². The van der Waals surface area contributed by atoms with Crippen molar-refractivity contribution < 1.29 is 29.6 Å². The summed E-state index contributed by atoms with van der Waals surface area (Å²) in [7, 11) is 0. The Hall–Kier alpha value is -5.00. The molecule has 10 nitrogen and oxygen atoms in total. The van der Waals surface area contributed by atoms with Crippen LogP contribution in [0.1, 0.15) is 54.0 Å². The number of para-hydroxylation sites is 1. The number of fused-ring (bicyclic) bond motifs is 1. The topological polar surface area (TPSA) is 153 Å². The second-order valence-electron chi connectivity index (χ2n) is 13.6. The Balaban J connectivity index is 1.03. The van der Waals surface area contributed by atoms with E-state index in [0.29, 0.717) is 53.7 Å². The van der Waals surface area contributed by atoms with Gasteiger partial charge in [0.15, 0.2) is 0 Å². The fraction of sp³-hybridized carbons (Fsp3) is 0.333. The third-order valence-corrected chi connectivity index (χ3v) is 10.00. The summed E-state index contributed by atoms with van der Waals surface area (Å²) in [5.74, 6) is 0.0710. The van der Waals surface area contributed by atoms with Gasteiger partial charge in [0.25, 0.3) is 0 Å². The standard InChI is InChI=1S/C42H47N3O7/c46-35-19-17-33(34-18-20-38(48)45-39(34)35)36(47)28-44-23-9-10-26-51-37-16-8-7-11-30(37)27-41(21-24-43-25-22-41)29-52-40(49)42(50,31-12-3-1-4-13-31)32-14-5-2-6-15-32/h1-8,11-20,36,43-44,46-47,50H,9-10,21-29H2,(H,45,48)/t36-/m0/s1. The molecule has 1 aliphatic heterocycles. The van der Waals surface area contributed by atoms with E-state index in [2.05, 4.69) is 21.7 Å². The van der Waals surface area contributed by atoms with Crippen LogP contribution in [0.3, 0.4) is 0 Å². The summed E-state index contributed by atoms with van der Waals surface area (Å²) >= 11 is 0. The zero-order valence-corrected chi connectivity index (χ0v) is 29.2. The highest BCUT2D eigenvalue weighted by atomic mass is 16.6. The fourth-order valence-electron chi connectivity index (χ4n) is 7.04. The summed E-state index contributed by atoms with van der Waals surface area (Å²) in [6, 6.07) is 32.0. The van der Waals surface area contributed by atoms with Crippen LogP contribution < -0.4 is 20.9 Å². The second-order valence-corrected chi connectivity index (χ2v) is 13.6. The average molecular weight is 706 g/mol. The largest absolute Gasteiger partial charge is 0.506 e. The van der Waals surface area contributed by atoms with Crippen LogP contribution in [0.5, 0.6) is 11.5 Å². The molecule has 10 heteroatoms. The van der Waals surface area contributed by atoms with Crippen molar-refractivity contribution in [1.82, 2.24) is 15.6 Å². The highest BCUT2D eigenvalue weighted by molar-refractivity contribution is 5.87. The lowest BCUT2D eigenvalue weighted by Gasteiger charge is -2.38. The number of carbonyl (C=O) groups is 1. The van der Waals surface area contributed by atoms with E-state index < -0.39 is 17.7 Å². The molecule has 6 N–H and O–H groups in total. The predicted octanol–water partition coefficient (Wildman–Crippen LogP) is 5.11. The molecule has 0 saturated carbocycles. The number of phenolic OH excluding ortho intramolecular Hbond substituents is 1. The minimum absolute atomic E-state index is 0.0389. The quantitative estimate of drug-likeness (QED) is 0.0608. The van der Waals surface area contributed by atoms with Gasteiger partial charge in [-0.2, -0.15) is 0 Å². The molecule has 1 atom stereocenters. The molecule has 6 rings (SSSR count). The number of unbranched alkanes of at least 4 members (excludes halogenated alkanes) is 1. The Morgan fingerprint density at radius 3 is 2.25 bits per heavy atom. The third-order valence-electron chi connectivity index (χ3n) is 10.00. The van der Waals surface area contributed by atoms with Crippen LogP contribution in [-0.2, 0) is 21.6 Å². The number of esters is 1. The molecular formula is C42H47N3O7. The van der Waals surface area contributed by atoms with Gasteiger partial charge in [0.1, 0.15) is 11.5 Å². The number of pyridine rings is 1. The second kappa shape index (κ2) is 17.0. The van der Waals surface area contributed by atoms with Gasteiger partial charge in [0.05, 0.1) is 24.8 Å².